The summed E-state index contributed by atoms with van der Waals surface area (Å²) in [6.07, 6.45) is 0. The number of carbonyl (C=O) groups excluding carboxylic acids is 1. The third kappa shape index (κ3) is 4.36. The first kappa shape index (κ1) is 9.94. The van der Waals surface area contributed by atoms with Crippen molar-refractivity contribution in [3.63, 3.8) is 0 Å². The molecule has 0 aromatic carbocycles. The molecular formula is C6H8O4S. The summed E-state index contributed by atoms with van der Waals surface area (Å²) in [5, 5.41) is 1.89. The van der Waals surface area contributed by atoms with Crippen LogP contribution in [-0.2, 0) is 19.8 Å². The van der Waals surface area contributed by atoms with Crippen molar-refractivity contribution in [2.24, 2.45) is 0 Å². The second-order valence-corrected chi connectivity index (χ2v) is 2.36. The summed E-state index contributed by atoms with van der Waals surface area (Å²) < 4.78 is 24.5. The van der Waals surface area contributed by atoms with Gasteiger partial charge in [0.05, 0.1) is 12.2 Å². The molecule has 0 rings (SSSR count). The van der Waals surface area contributed by atoms with Crippen LogP contribution in [0.15, 0.2) is 5.57 Å². The number of ether oxygens (including phenoxy) is 1. The van der Waals surface area contributed by atoms with Crippen LogP contribution < -0.4 is 0 Å². The van der Waals surface area contributed by atoms with Gasteiger partial charge in [-0.1, -0.05) is 0 Å². The molecule has 0 aliphatic heterocycles. The molecule has 0 aliphatic carbocycles. The standard InChI is InChI=1S/C6H8O4S/c1-3-10-6(7)5(2)4-11(8)9/h3H2,1-2H3. The van der Waals surface area contributed by atoms with Crippen LogP contribution in [-0.4, -0.2) is 26.0 Å². The molecule has 0 aromatic heterocycles. The molecule has 62 valence electrons. The Balaban J connectivity index is 4.64. The Morgan fingerprint density at radius 3 is 2.45 bits per heavy atom. The van der Waals surface area contributed by atoms with Crippen molar-refractivity contribution in [1.29, 1.82) is 0 Å². The maximum atomic E-state index is 10.7. The van der Waals surface area contributed by atoms with Gasteiger partial charge in [0, 0.05) is 5.02 Å². The largest absolute Gasteiger partial charge is 0.462 e. The molecule has 0 amide bonds. The minimum atomic E-state index is -2.46. The average molecular weight is 176 g/mol. The molecule has 5 heteroatoms. The van der Waals surface area contributed by atoms with Gasteiger partial charge in [-0.05, 0) is 13.8 Å². The third-order valence-electron chi connectivity index (χ3n) is 0.818. The normalized spacial score (nSPS) is 8.18. The molecule has 0 unspecified atom stereocenters. The Bertz CT molecular complexity index is 297. The number of carbonyl (C=O) groups is 1. The Kier molecular flexibility index (Phi) is 4.26. The zero-order valence-corrected chi connectivity index (χ0v) is 7.06. The lowest BCUT2D eigenvalue weighted by molar-refractivity contribution is -0.138. The van der Waals surface area contributed by atoms with Crippen molar-refractivity contribution in [1.82, 2.24) is 0 Å². The van der Waals surface area contributed by atoms with Gasteiger partial charge >= 0.3 is 5.97 Å². The summed E-state index contributed by atoms with van der Waals surface area (Å²) in [7, 11) is -2.46. The van der Waals surface area contributed by atoms with E-state index in [4.69, 9.17) is 0 Å². The maximum absolute atomic E-state index is 10.7. The molecule has 11 heavy (non-hydrogen) atoms. The van der Waals surface area contributed by atoms with E-state index in [-0.39, 0.29) is 12.2 Å². The second-order valence-electron chi connectivity index (χ2n) is 1.68. The fourth-order valence-electron chi connectivity index (χ4n) is 0.406. The zero-order valence-electron chi connectivity index (χ0n) is 6.25. The van der Waals surface area contributed by atoms with Crippen molar-refractivity contribution >= 4 is 21.3 Å². The van der Waals surface area contributed by atoms with E-state index in [1.165, 1.54) is 6.92 Å². The topological polar surface area (TPSA) is 60.4 Å². The minimum absolute atomic E-state index is 0.0415. The molecule has 0 N–H and O–H groups in total. The Morgan fingerprint density at radius 1 is 1.55 bits per heavy atom. The third-order valence-corrected chi connectivity index (χ3v) is 1.29. The lowest BCUT2D eigenvalue weighted by Gasteiger charge is -1.95. The lowest BCUT2D eigenvalue weighted by atomic mass is 10.4. The van der Waals surface area contributed by atoms with E-state index in [1.807, 2.05) is 5.02 Å². The summed E-state index contributed by atoms with van der Waals surface area (Å²) in [6, 6.07) is 0. The first-order valence-electron chi connectivity index (χ1n) is 2.94. The number of hydrogen-bond acceptors (Lipinski definition) is 4. The molecule has 0 spiro atoms. The van der Waals surface area contributed by atoms with Gasteiger partial charge in [0.15, 0.2) is 0 Å². The molecule has 0 saturated heterocycles. The first-order chi connectivity index (χ1) is 5.07. The molecule has 0 bridgehead atoms. The molecule has 0 aromatic rings. The Morgan fingerprint density at radius 2 is 2.09 bits per heavy atom. The van der Waals surface area contributed by atoms with Gasteiger partial charge in [-0.25, -0.2) is 4.79 Å². The first-order valence-corrected chi connectivity index (χ1v) is 4.02. The van der Waals surface area contributed by atoms with E-state index >= 15 is 0 Å². The predicted octanol–water partition coefficient (Wildman–Crippen LogP) is -0.224. The minimum Gasteiger partial charge on any atom is -0.462 e. The molecule has 0 saturated carbocycles. The lowest BCUT2D eigenvalue weighted by Crippen LogP contribution is -2.05. The van der Waals surface area contributed by atoms with Gasteiger partial charge in [-0.2, -0.15) is 8.42 Å². The fourth-order valence-corrected chi connectivity index (χ4v) is 0.739. The van der Waals surface area contributed by atoms with Crippen LogP contribution in [0.5, 0.6) is 0 Å². The van der Waals surface area contributed by atoms with E-state index in [0.717, 1.165) is 0 Å². The highest BCUT2D eigenvalue weighted by Crippen LogP contribution is 1.89. The van der Waals surface area contributed by atoms with E-state index in [0.29, 0.717) is 0 Å². The van der Waals surface area contributed by atoms with Crippen LogP contribution in [0.3, 0.4) is 0 Å². The number of hydrogen-bond donors (Lipinski definition) is 0. The van der Waals surface area contributed by atoms with Gasteiger partial charge in [0.2, 0.25) is 0 Å². The molecule has 4 nitrogen and oxygen atoms in total. The summed E-state index contributed by atoms with van der Waals surface area (Å²) in [6.45, 7) is 3.19. The highest BCUT2D eigenvalue weighted by molar-refractivity contribution is 7.71. The molecule has 0 aliphatic rings. The van der Waals surface area contributed by atoms with Crippen molar-refractivity contribution in [2.75, 3.05) is 6.61 Å². The Labute approximate surface area is 66.0 Å². The van der Waals surface area contributed by atoms with Gasteiger partial charge in [0.25, 0.3) is 10.3 Å². The van der Waals surface area contributed by atoms with E-state index in [1.54, 1.807) is 6.92 Å². The van der Waals surface area contributed by atoms with Gasteiger partial charge in [-0.3, -0.25) is 0 Å². The summed E-state index contributed by atoms with van der Waals surface area (Å²) in [5.41, 5.74) is -0.0415. The van der Waals surface area contributed by atoms with Gasteiger partial charge in [-0.15, -0.1) is 0 Å². The summed E-state index contributed by atoms with van der Waals surface area (Å²) in [5.74, 6) is -0.656. The SMILES string of the molecule is CCOC(=O)C(C)=C=S(=O)=O. The molecule has 0 fully saturated rings. The van der Waals surface area contributed by atoms with Crippen molar-refractivity contribution < 1.29 is 17.9 Å². The highest BCUT2D eigenvalue weighted by Gasteiger charge is 2.02. The molecule has 0 radical (unpaired) electrons. The smallest absolute Gasteiger partial charge is 0.342 e. The predicted molar refractivity (Wildman–Crippen MR) is 39.7 cm³/mol. The van der Waals surface area contributed by atoms with Crippen LogP contribution in [0.4, 0.5) is 0 Å². The van der Waals surface area contributed by atoms with Crippen LogP contribution >= 0.6 is 0 Å². The molecule has 0 atom stereocenters. The summed E-state index contributed by atoms with van der Waals surface area (Å²) in [4.78, 5) is 10.7. The second kappa shape index (κ2) is 4.71. The zero-order chi connectivity index (χ0) is 8.85. The van der Waals surface area contributed by atoms with E-state index in [2.05, 4.69) is 4.74 Å². The Hall–Kier alpha value is -1.06. The highest BCUT2D eigenvalue weighted by atomic mass is 32.2. The number of rotatable bonds is 2. The fraction of sp³-hybridized carbons (Fsp3) is 0.500. The van der Waals surface area contributed by atoms with Gasteiger partial charge < -0.3 is 4.74 Å². The van der Waals surface area contributed by atoms with E-state index in [9.17, 15) is 13.2 Å². The van der Waals surface area contributed by atoms with Crippen LogP contribution in [0.25, 0.3) is 0 Å². The van der Waals surface area contributed by atoms with Crippen molar-refractivity contribution in [3.8, 4) is 0 Å². The monoisotopic (exact) mass is 176 g/mol. The quantitative estimate of drug-likeness (QED) is 0.331. The van der Waals surface area contributed by atoms with E-state index < -0.39 is 16.3 Å². The van der Waals surface area contributed by atoms with Crippen LogP contribution in [0, 0.1) is 0 Å². The molecule has 0 heterocycles. The van der Waals surface area contributed by atoms with Gasteiger partial charge in [0.1, 0.15) is 0 Å². The molecular weight excluding hydrogens is 168 g/mol. The maximum Gasteiger partial charge on any atom is 0.342 e. The van der Waals surface area contributed by atoms with Crippen molar-refractivity contribution in [2.45, 2.75) is 13.8 Å². The number of esters is 1. The van der Waals surface area contributed by atoms with Crippen molar-refractivity contribution in [3.05, 3.63) is 5.57 Å². The van der Waals surface area contributed by atoms with Crippen LogP contribution in [0.1, 0.15) is 13.8 Å². The average Bonchev–Trinajstić information content (AvgIpc) is 1.86. The van der Waals surface area contributed by atoms with Crippen LogP contribution in [0.2, 0.25) is 0 Å². The summed E-state index contributed by atoms with van der Waals surface area (Å²) >= 11 is 0.